The van der Waals surface area contributed by atoms with Crippen molar-refractivity contribution >= 4 is 11.5 Å². The molecule has 1 aromatic heterocycles. The summed E-state index contributed by atoms with van der Waals surface area (Å²) in [6.45, 7) is 0. The molecule has 0 fully saturated rings. The molecule has 3 N–H and O–H groups in total. The van der Waals surface area contributed by atoms with Crippen LogP contribution in [-0.2, 0) is 0 Å². The van der Waals surface area contributed by atoms with E-state index in [4.69, 9.17) is 0 Å². The van der Waals surface area contributed by atoms with E-state index in [2.05, 4.69) is 15.3 Å². The van der Waals surface area contributed by atoms with Crippen molar-refractivity contribution in [1.29, 1.82) is 0 Å². The minimum atomic E-state index is -0.538. The average molecular weight is 279 g/mol. The van der Waals surface area contributed by atoms with Gasteiger partial charge >= 0.3 is 5.69 Å². The zero-order chi connectivity index (χ0) is 14.7. The van der Waals surface area contributed by atoms with Crippen molar-refractivity contribution in [3.63, 3.8) is 0 Å². The number of aromatic amines is 2. The van der Waals surface area contributed by atoms with Crippen LogP contribution in [0.3, 0.4) is 0 Å². The molecule has 104 valence electrons. The van der Waals surface area contributed by atoms with Gasteiger partial charge in [-0.25, -0.2) is 4.79 Å². The van der Waals surface area contributed by atoms with Gasteiger partial charge in [0.2, 0.25) is 0 Å². The van der Waals surface area contributed by atoms with Crippen molar-refractivity contribution < 1.29 is 0 Å². The maximum Gasteiger partial charge on any atom is 0.327 e. The van der Waals surface area contributed by atoms with Gasteiger partial charge in [0.15, 0.2) is 0 Å². The molecular weight excluding hydrogens is 266 g/mol. The van der Waals surface area contributed by atoms with Crippen LogP contribution < -0.4 is 16.6 Å². The third-order valence-electron chi connectivity index (χ3n) is 3.01. The molecule has 0 amide bonds. The van der Waals surface area contributed by atoms with Gasteiger partial charge in [0, 0.05) is 11.8 Å². The Kier molecular flexibility index (Phi) is 3.39. The molecule has 3 rings (SSSR count). The first kappa shape index (κ1) is 12.9. The molecule has 0 bridgehead atoms. The van der Waals surface area contributed by atoms with Gasteiger partial charge in [-0.05, 0) is 23.3 Å². The van der Waals surface area contributed by atoms with E-state index in [1.165, 1.54) is 6.07 Å². The quantitative estimate of drug-likeness (QED) is 0.689. The highest BCUT2D eigenvalue weighted by Crippen LogP contribution is 2.23. The summed E-state index contributed by atoms with van der Waals surface area (Å²) in [5, 5.41) is 3.02. The fourth-order valence-corrected chi connectivity index (χ4v) is 2.10. The summed E-state index contributed by atoms with van der Waals surface area (Å²) < 4.78 is 0. The van der Waals surface area contributed by atoms with E-state index in [1.54, 1.807) is 0 Å². The SMILES string of the molecule is O=c1cc(Nc2cccc(-c3ccccc3)c2)[nH]c(=O)[nH]1. The van der Waals surface area contributed by atoms with E-state index >= 15 is 0 Å². The number of rotatable bonds is 3. The van der Waals surface area contributed by atoms with Crippen LogP contribution in [0.25, 0.3) is 11.1 Å². The van der Waals surface area contributed by atoms with Crippen molar-refractivity contribution in [2.24, 2.45) is 0 Å². The Balaban J connectivity index is 1.93. The number of hydrogen-bond donors (Lipinski definition) is 3. The molecular formula is C16H13N3O2. The third kappa shape index (κ3) is 3.09. The fraction of sp³-hybridized carbons (Fsp3) is 0. The minimum absolute atomic E-state index is 0.356. The number of nitrogens with one attached hydrogen (secondary N) is 3. The van der Waals surface area contributed by atoms with Crippen molar-refractivity contribution in [2.45, 2.75) is 0 Å². The van der Waals surface area contributed by atoms with Crippen molar-refractivity contribution in [3.8, 4) is 11.1 Å². The van der Waals surface area contributed by atoms with Gasteiger partial charge < -0.3 is 5.32 Å². The van der Waals surface area contributed by atoms with Crippen LogP contribution >= 0.6 is 0 Å². The lowest BCUT2D eigenvalue weighted by Crippen LogP contribution is -2.22. The van der Waals surface area contributed by atoms with E-state index in [0.717, 1.165) is 16.8 Å². The third-order valence-corrected chi connectivity index (χ3v) is 3.01. The first-order chi connectivity index (χ1) is 10.2. The van der Waals surface area contributed by atoms with Crippen molar-refractivity contribution in [1.82, 2.24) is 9.97 Å². The van der Waals surface area contributed by atoms with E-state index in [9.17, 15) is 9.59 Å². The fourth-order valence-electron chi connectivity index (χ4n) is 2.10. The van der Waals surface area contributed by atoms with Gasteiger partial charge in [0.05, 0.1) is 0 Å². The monoisotopic (exact) mass is 279 g/mol. The number of hydrogen-bond acceptors (Lipinski definition) is 3. The second kappa shape index (κ2) is 5.50. The summed E-state index contributed by atoms with van der Waals surface area (Å²) in [5.74, 6) is 0.356. The van der Waals surface area contributed by atoms with Crippen LogP contribution in [0.2, 0.25) is 0 Å². The van der Waals surface area contributed by atoms with Crippen molar-refractivity contribution in [2.75, 3.05) is 5.32 Å². The topological polar surface area (TPSA) is 77.8 Å². The molecule has 21 heavy (non-hydrogen) atoms. The summed E-state index contributed by atoms with van der Waals surface area (Å²) in [7, 11) is 0. The number of aromatic nitrogens is 2. The smallest absolute Gasteiger partial charge is 0.327 e. The molecule has 0 aliphatic rings. The molecule has 0 radical (unpaired) electrons. The van der Waals surface area contributed by atoms with E-state index in [0.29, 0.717) is 5.82 Å². The summed E-state index contributed by atoms with van der Waals surface area (Å²) in [6.07, 6.45) is 0. The molecule has 0 aliphatic carbocycles. The first-order valence-electron chi connectivity index (χ1n) is 6.47. The van der Waals surface area contributed by atoms with Gasteiger partial charge in [-0.1, -0.05) is 42.5 Å². The van der Waals surface area contributed by atoms with Gasteiger partial charge in [0.25, 0.3) is 5.56 Å². The Morgan fingerprint density at radius 3 is 2.29 bits per heavy atom. The minimum Gasteiger partial charge on any atom is -0.342 e. The molecule has 0 saturated heterocycles. The van der Waals surface area contributed by atoms with E-state index < -0.39 is 11.2 Å². The number of anilines is 2. The molecule has 5 heteroatoms. The number of H-pyrrole nitrogens is 2. The molecule has 0 spiro atoms. The normalized spacial score (nSPS) is 10.3. The standard InChI is InChI=1S/C16H13N3O2/c20-15-10-14(18-16(21)19-15)17-13-8-4-7-12(9-13)11-5-2-1-3-6-11/h1-10H,(H3,17,18,19,20,21). The predicted molar refractivity (Wildman–Crippen MR) is 82.8 cm³/mol. The van der Waals surface area contributed by atoms with Crippen LogP contribution in [0, 0.1) is 0 Å². The van der Waals surface area contributed by atoms with Gasteiger partial charge in [0.1, 0.15) is 5.82 Å². The summed E-state index contributed by atoms with van der Waals surface area (Å²) in [4.78, 5) is 27.2. The van der Waals surface area contributed by atoms with Gasteiger partial charge in [-0.3, -0.25) is 14.8 Å². The molecule has 5 nitrogen and oxygen atoms in total. The van der Waals surface area contributed by atoms with E-state index in [-0.39, 0.29) is 0 Å². The molecule has 0 unspecified atom stereocenters. The zero-order valence-electron chi connectivity index (χ0n) is 11.1. The van der Waals surface area contributed by atoms with E-state index in [1.807, 2.05) is 54.6 Å². The lowest BCUT2D eigenvalue weighted by molar-refractivity contribution is 1.04. The highest BCUT2D eigenvalue weighted by atomic mass is 16.2. The first-order valence-corrected chi connectivity index (χ1v) is 6.47. The highest BCUT2D eigenvalue weighted by molar-refractivity contribution is 5.69. The molecule has 1 heterocycles. The Bertz CT molecular complexity index is 838. The largest absolute Gasteiger partial charge is 0.342 e. The number of benzene rings is 2. The Morgan fingerprint density at radius 1 is 0.762 bits per heavy atom. The van der Waals surface area contributed by atoms with Gasteiger partial charge in [-0.15, -0.1) is 0 Å². The van der Waals surface area contributed by atoms with Crippen LogP contribution in [-0.4, -0.2) is 9.97 Å². The molecule has 0 atom stereocenters. The molecule has 0 saturated carbocycles. The van der Waals surface area contributed by atoms with Gasteiger partial charge in [-0.2, -0.15) is 0 Å². The maximum atomic E-state index is 11.3. The maximum absolute atomic E-state index is 11.3. The average Bonchev–Trinajstić information content (AvgIpc) is 2.47. The lowest BCUT2D eigenvalue weighted by Gasteiger charge is -2.08. The predicted octanol–water partition coefficient (Wildman–Crippen LogP) is 2.47. The lowest BCUT2D eigenvalue weighted by atomic mass is 10.1. The Labute approximate surface area is 120 Å². The summed E-state index contributed by atoms with van der Waals surface area (Å²) in [5.41, 5.74) is 1.95. The molecule has 3 aromatic rings. The molecule has 2 aromatic carbocycles. The zero-order valence-corrected chi connectivity index (χ0v) is 11.1. The van der Waals surface area contributed by atoms with Crippen LogP contribution in [0.5, 0.6) is 0 Å². The van der Waals surface area contributed by atoms with Crippen LogP contribution in [0.15, 0.2) is 70.3 Å². The Morgan fingerprint density at radius 2 is 1.52 bits per heavy atom. The van der Waals surface area contributed by atoms with Crippen LogP contribution in [0.1, 0.15) is 0 Å². The highest BCUT2D eigenvalue weighted by Gasteiger charge is 2.01. The van der Waals surface area contributed by atoms with Crippen molar-refractivity contribution in [3.05, 3.63) is 81.5 Å². The summed E-state index contributed by atoms with van der Waals surface area (Å²) in [6, 6.07) is 19.0. The summed E-state index contributed by atoms with van der Waals surface area (Å²) >= 11 is 0. The van der Waals surface area contributed by atoms with Crippen LogP contribution in [0.4, 0.5) is 11.5 Å². The second-order valence-corrected chi connectivity index (χ2v) is 4.57. The Hall–Kier alpha value is -3.08. The second-order valence-electron chi connectivity index (χ2n) is 4.57. The molecule has 0 aliphatic heterocycles.